The molecular formula is C31H40O14. The Morgan fingerprint density at radius 3 is 2.44 bits per heavy atom. The molecule has 2 spiro atoms. The average Bonchev–Trinajstić information content (AvgIpc) is 3.92. The largest absolute Gasteiger partial charge is 0.458 e. The molecule has 14 heteroatoms. The SMILES string of the molecule is CC(C)[C@]12O[C@H]1[C@@H]1O[C@]13[C@]1(O[C@H]1C[C@H]1C4=C(CC[C@@]13C)C(=O)OC4)[C@@H]2OC(=O)CCCC(=O)O[C@H]1OC(CO)[C@@H](O)[C@H](O)C1O. The maximum absolute atomic E-state index is 13.4. The summed E-state index contributed by atoms with van der Waals surface area (Å²) in [6.45, 7) is 5.91. The summed E-state index contributed by atoms with van der Waals surface area (Å²) < 4.78 is 41.8. The van der Waals surface area contributed by atoms with Gasteiger partial charge in [-0.25, -0.2) is 4.79 Å². The Morgan fingerprint density at radius 1 is 1.00 bits per heavy atom. The van der Waals surface area contributed by atoms with Gasteiger partial charge < -0.3 is 53.6 Å². The first-order chi connectivity index (χ1) is 21.4. The molecule has 5 heterocycles. The lowest BCUT2D eigenvalue weighted by Gasteiger charge is -2.53. The zero-order valence-corrected chi connectivity index (χ0v) is 25.4. The summed E-state index contributed by atoms with van der Waals surface area (Å²) >= 11 is 0. The van der Waals surface area contributed by atoms with E-state index in [9.17, 15) is 34.8 Å². The molecule has 5 aliphatic heterocycles. The monoisotopic (exact) mass is 636 g/mol. The number of aliphatic hydroxyl groups excluding tert-OH is 4. The van der Waals surface area contributed by atoms with E-state index in [1.54, 1.807) is 0 Å². The van der Waals surface area contributed by atoms with E-state index in [2.05, 4.69) is 6.92 Å². The highest BCUT2D eigenvalue weighted by molar-refractivity contribution is 5.92. The molecule has 8 aliphatic rings. The van der Waals surface area contributed by atoms with Crippen LogP contribution < -0.4 is 0 Å². The smallest absolute Gasteiger partial charge is 0.334 e. The molecule has 14 atom stereocenters. The van der Waals surface area contributed by atoms with Crippen LogP contribution in [0, 0.1) is 17.3 Å². The quantitative estimate of drug-likeness (QED) is 0.146. The lowest BCUT2D eigenvalue weighted by Crippen LogP contribution is -2.70. The van der Waals surface area contributed by atoms with E-state index in [1.807, 2.05) is 13.8 Å². The predicted octanol–water partition coefficient (Wildman–Crippen LogP) is -0.833. The molecule has 0 amide bonds. The van der Waals surface area contributed by atoms with Crippen LogP contribution in [0.4, 0.5) is 0 Å². The molecule has 3 aliphatic carbocycles. The lowest BCUT2D eigenvalue weighted by atomic mass is 9.46. The van der Waals surface area contributed by atoms with Crippen molar-refractivity contribution in [1.82, 2.24) is 0 Å². The fourth-order valence-corrected chi connectivity index (χ4v) is 9.76. The Kier molecular flexibility index (Phi) is 6.50. The number of cyclic esters (lactones) is 1. The first kappa shape index (κ1) is 30.2. The minimum absolute atomic E-state index is 0.00212. The topological polar surface area (TPSA) is 207 Å². The van der Waals surface area contributed by atoms with Gasteiger partial charge in [-0.15, -0.1) is 0 Å². The second kappa shape index (κ2) is 9.69. The molecule has 45 heavy (non-hydrogen) atoms. The second-order valence-electron chi connectivity index (χ2n) is 14.4. The number of carbonyl (C=O) groups is 3. The molecule has 0 aromatic rings. The van der Waals surface area contributed by atoms with Crippen LogP contribution in [0.25, 0.3) is 0 Å². The highest BCUT2D eigenvalue weighted by Crippen LogP contribution is 2.83. The van der Waals surface area contributed by atoms with Crippen molar-refractivity contribution in [2.24, 2.45) is 17.3 Å². The third kappa shape index (κ3) is 3.71. The molecule has 2 unspecified atom stereocenters. The van der Waals surface area contributed by atoms with Crippen molar-refractivity contribution >= 4 is 17.9 Å². The normalized spacial score (nSPS) is 51.5. The van der Waals surface area contributed by atoms with E-state index in [1.165, 1.54) is 0 Å². The number of ether oxygens (including phenoxy) is 7. The number of rotatable bonds is 8. The fourth-order valence-electron chi connectivity index (χ4n) is 9.76. The van der Waals surface area contributed by atoms with Crippen molar-refractivity contribution in [3.05, 3.63) is 11.1 Å². The molecule has 0 aromatic heterocycles. The highest BCUT2D eigenvalue weighted by Gasteiger charge is 3.01. The van der Waals surface area contributed by atoms with Crippen LogP contribution in [-0.4, -0.2) is 123 Å². The van der Waals surface area contributed by atoms with E-state index in [0.717, 1.165) is 17.6 Å². The van der Waals surface area contributed by atoms with Gasteiger partial charge in [0.05, 0.1) is 12.7 Å². The molecule has 0 radical (unpaired) electrons. The van der Waals surface area contributed by atoms with E-state index < -0.39 is 72.2 Å². The van der Waals surface area contributed by atoms with E-state index >= 15 is 0 Å². The molecular weight excluding hydrogens is 596 g/mol. The Morgan fingerprint density at radius 2 is 1.73 bits per heavy atom. The Balaban J connectivity index is 0.962. The van der Waals surface area contributed by atoms with Crippen LogP contribution in [-0.2, 0) is 47.5 Å². The van der Waals surface area contributed by atoms with Gasteiger partial charge in [0.25, 0.3) is 0 Å². The van der Waals surface area contributed by atoms with Gasteiger partial charge in [0.1, 0.15) is 54.4 Å². The number of esters is 3. The van der Waals surface area contributed by atoms with Crippen LogP contribution >= 0.6 is 0 Å². The van der Waals surface area contributed by atoms with Gasteiger partial charge in [-0.05, 0) is 43.1 Å². The lowest BCUT2D eigenvalue weighted by molar-refractivity contribution is -0.292. The van der Waals surface area contributed by atoms with Crippen LogP contribution in [0.5, 0.6) is 0 Å². The minimum Gasteiger partial charge on any atom is -0.458 e. The summed E-state index contributed by atoms with van der Waals surface area (Å²) in [5.41, 5.74) is -0.904. The number of hydrogen-bond donors (Lipinski definition) is 4. The summed E-state index contributed by atoms with van der Waals surface area (Å²) in [4.78, 5) is 38.3. The molecule has 248 valence electrons. The standard InChI is InChI=1S/C31H40O14/c1-12(2)29-23(44-29)24-31(45-24)28(3)8-7-13-14(11-39-25(13)38)15(28)9-17-30(31,43-17)27(29)42-19(34)6-4-5-18(33)41-26-22(37)21(36)20(35)16(10-32)40-26/h12,15-17,20-24,26-27,32,35-37H,4-11H2,1-3H3/t15-,16?,17-,20+,21-,22?,23-,24-,26+,27+,28-,29-,30+,31+/m0/s1. The maximum Gasteiger partial charge on any atom is 0.334 e. The number of hydrogen-bond acceptors (Lipinski definition) is 14. The number of aliphatic hydroxyl groups is 4. The van der Waals surface area contributed by atoms with Crippen molar-refractivity contribution < 1.29 is 68.0 Å². The summed E-state index contributed by atoms with van der Waals surface area (Å²) in [6, 6.07) is 0. The van der Waals surface area contributed by atoms with Gasteiger partial charge in [-0.3, -0.25) is 9.59 Å². The minimum atomic E-state index is -1.71. The van der Waals surface area contributed by atoms with Gasteiger partial charge in [0, 0.05) is 23.8 Å². The third-order valence-electron chi connectivity index (χ3n) is 12.2. The summed E-state index contributed by atoms with van der Waals surface area (Å²) in [5, 5.41) is 39.3. The van der Waals surface area contributed by atoms with Crippen molar-refractivity contribution in [1.29, 1.82) is 0 Å². The maximum atomic E-state index is 13.4. The zero-order chi connectivity index (χ0) is 31.8. The molecule has 8 rings (SSSR count). The van der Waals surface area contributed by atoms with Gasteiger partial charge in [0.2, 0.25) is 6.29 Å². The molecule has 0 aromatic carbocycles. The molecule has 14 nitrogen and oxygen atoms in total. The van der Waals surface area contributed by atoms with Crippen molar-refractivity contribution in [3.63, 3.8) is 0 Å². The van der Waals surface area contributed by atoms with Crippen molar-refractivity contribution in [2.45, 2.75) is 131 Å². The van der Waals surface area contributed by atoms with Crippen LogP contribution in [0.3, 0.4) is 0 Å². The average molecular weight is 637 g/mol. The fraction of sp³-hybridized carbons (Fsp3) is 0.839. The number of carbonyl (C=O) groups excluding carboxylic acids is 3. The van der Waals surface area contributed by atoms with E-state index in [-0.39, 0.29) is 60.8 Å². The Bertz CT molecular complexity index is 1360. The van der Waals surface area contributed by atoms with E-state index in [0.29, 0.717) is 19.4 Å². The number of epoxide rings is 3. The Hall–Kier alpha value is -2.17. The van der Waals surface area contributed by atoms with Gasteiger partial charge >= 0.3 is 17.9 Å². The van der Waals surface area contributed by atoms with Gasteiger partial charge in [-0.1, -0.05) is 20.8 Å². The Labute approximate surface area is 258 Å². The predicted molar refractivity (Wildman–Crippen MR) is 145 cm³/mol. The van der Waals surface area contributed by atoms with Crippen LogP contribution in [0.15, 0.2) is 11.1 Å². The highest BCUT2D eigenvalue weighted by atomic mass is 16.8. The van der Waals surface area contributed by atoms with Gasteiger partial charge in [-0.2, -0.15) is 0 Å². The summed E-state index contributed by atoms with van der Waals surface area (Å²) in [7, 11) is 0. The van der Waals surface area contributed by atoms with Crippen molar-refractivity contribution in [2.75, 3.05) is 13.2 Å². The molecule has 0 bridgehead atoms. The first-order valence-electron chi connectivity index (χ1n) is 16.0. The molecule has 4 saturated heterocycles. The molecule has 2 saturated carbocycles. The van der Waals surface area contributed by atoms with E-state index in [4.69, 9.17) is 33.2 Å². The summed E-state index contributed by atoms with van der Waals surface area (Å²) in [6.07, 6.45) is -7.42. The van der Waals surface area contributed by atoms with Crippen LogP contribution in [0.2, 0.25) is 0 Å². The third-order valence-corrected chi connectivity index (χ3v) is 12.2. The van der Waals surface area contributed by atoms with Gasteiger partial charge in [0.15, 0.2) is 11.7 Å². The number of fused-ring (bicyclic) bond motifs is 4. The molecule has 6 fully saturated rings. The second-order valence-corrected chi connectivity index (χ2v) is 14.4. The van der Waals surface area contributed by atoms with Crippen molar-refractivity contribution in [3.8, 4) is 0 Å². The van der Waals surface area contributed by atoms with Crippen LogP contribution in [0.1, 0.15) is 59.3 Å². The first-order valence-corrected chi connectivity index (χ1v) is 16.0. The molecule has 4 N–H and O–H groups in total. The zero-order valence-electron chi connectivity index (χ0n) is 25.4. The summed E-state index contributed by atoms with van der Waals surface area (Å²) in [5.74, 6) is -1.50.